The fourth-order valence-electron chi connectivity index (χ4n) is 14.6. The normalized spacial score (nSPS) is 18.6. The summed E-state index contributed by atoms with van der Waals surface area (Å²) >= 11 is 0. The van der Waals surface area contributed by atoms with Crippen molar-refractivity contribution in [3.8, 4) is 5.75 Å². The predicted octanol–water partition coefficient (Wildman–Crippen LogP) is -7.70. The van der Waals surface area contributed by atoms with Crippen molar-refractivity contribution in [1.82, 2.24) is 87.1 Å². The fourth-order valence-corrected chi connectivity index (χ4v) is 14.6. The maximum absolute atomic E-state index is 14.1. The number of esters is 2. The average Bonchev–Trinajstić information content (AvgIpc) is 1.18. The number of carboxylic acids is 8. The van der Waals surface area contributed by atoms with E-state index in [-0.39, 0.29) is 357 Å². The van der Waals surface area contributed by atoms with Gasteiger partial charge in [0.2, 0.25) is 65.0 Å². The molecule has 0 aromatic heterocycles. The molecule has 4 aliphatic rings. The van der Waals surface area contributed by atoms with Gasteiger partial charge < -0.3 is 116 Å². The summed E-state index contributed by atoms with van der Waals surface area (Å²) in [5.74, 6) is -19.1. The van der Waals surface area contributed by atoms with Gasteiger partial charge in [0.15, 0.2) is 5.78 Å². The van der Waals surface area contributed by atoms with Crippen LogP contribution in [0.1, 0.15) is 140 Å². The van der Waals surface area contributed by atoms with Gasteiger partial charge in [-0.05, 0) is 88.3 Å². The number of carbonyl (C=O) groups excluding carboxylic acids is 14. The Morgan fingerprint density at radius 3 is 1.08 bits per heavy atom. The third-order valence-corrected chi connectivity index (χ3v) is 22.0. The number of amidine groups is 1. The molecule has 0 spiro atoms. The zero-order valence-corrected chi connectivity index (χ0v) is 82.6. The van der Waals surface area contributed by atoms with Crippen LogP contribution in [-0.4, -0.2) is 435 Å². The SMILES string of the molecule is N=C(N)CCCC[C@@H]1CC(=O)[C@H](CCCCNC(=O)CCC(=O)N[C@@H](CCCCNC(=O)CN2CCN(CC(=O)O)CCN(CC(=O)O)CCN(CC(=O)O)CC2)C(N)=O)NC(=O)C(Cc2ccc(O)cc2)NC(=O)[C@H](CC(=O)O)NC(=O)CNC1=O.NC(=O)[C@H](CCCCNC(=O)CN1CCN(CC(=O)O)CCN(CC(=O)O)CCN(CC(=O)O)CC1)NC(=O)CCC(=O)O.O=C1CCC(=O)O1.[Gd].[Gd]. The number of benzene rings is 1. The number of amides is 11. The molecule has 1 aromatic carbocycles. The van der Waals surface area contributed by atoms with Crippen LogP contribution in [0.15, 0.2) is 24.3 Å². The molecule has 5 rings (SSSR count). The molecular formula is C85H135Gd2N21O32. The number of phenols is 1. The summed E-state index contributed by atoms with van der Waals surface area (Å²) in [6.07, 6.45) is 1.27. The molecule has 0 saturated carbocycles. The van der Waals surface area contributed by atoms with Crippen LogP contribution in [0.5, 0.6) is 5.75 Å². The molecule has 788 valence electrons. The number of hydrogen-bond acceptors (Lipinski definition) is 33. The van der Waals surface area contributed by atoms with E-state index in [2.05, 4.69) is 52.6 Å². The monoisotopic (exact) mass is 2280 g/mol. The second kappa shape index (κ2) is 71.9. The van der Waals surface area contributed by atoms with Crippen molar-refractivity contribution < 1.29 is 236 Å². The summed E-state index contributed by atoms with van der Waals surface area (Å²) in [4.78, 5) is 280. The maximum atomic E-state index is 14.1. The van der Waals surface area contributed by atoms with Crippen molar-refractivity contribution in [2.45, 2.75) is 171 Å². The zero-order chi connectivity index (χ0) is 103. The second-order valence-electron chi connectivity index (χ2n) is 33.5. The molecule has 4 fully saturated rings. The minimum absolute atomic E-state index is 0. The van der Waals surface area contributed by atoms with Gasteiger partial charge in [-0.25, -0.2) is 0 Å². The largest absolute Gasteiger partial charge is 0.508 e. The zero-order valence-electron chi connectivity index (χ0n) is 78.1. The first-order valence-electron chi connectivity index (χ1n) is 45.4. The van der Waals surface area contributed by atoms with E-state index in [1.54, 1.807) is 39.2 Å². The molecule has 4 aliphatic heterocycles. The number of phenolic OH excluding ortho intramolecular Hbond substituents is 1. The van der Waals surface area contributed by atoms with Crippen molar-refractivity contribution in [1.29, 1.82) is 5.41 Å². The number of aliphatic carboxylic acids is 8. The van der Waals surface area contributed by atoms with Crippen LogP contribution in [0, 0.1) is 91.2 Å². The maximum Gasteiger partial charge on any atom is 0.317 e. The van der Waals surface area contributed by atoms with Crippen LogP contribution < -0.4 is 65.1 Å². The van der Waals surface area contributed by atoms with Crippen molar-refractivity contribution in [3.63, 3.8) is 0 Å². The van der Waals surface area contributed by atoms with Crippen LogP contribution in [0.25, 0.3) is 0 Å². The Morgan fingerprint density at radius 1 is 0.386 bits per heavy atom. The van der Waals surface area contributed by atoms with Gasteiger partial charge in [-0.2, -0.15) is 0 Å². The van der Waals surface area contributed by atoms with Gasteiger partial charge in [0.05, 0.1) is 96.5 Å². The Labute approximate surface area is 871 Å². The second-order valence-corrected chi connectivity index (χ2v) is 33.5. The van der Waals surface area contributed by atoms with E-state index >= 15 is 0 Å². The molecule has 4 heterocycles. The van der Waals surface area contributed by atoms with E-state index in [4.69, 9.17) is 27.7 Å². The van der Waals surface area contributed by atoms with E-state index in [1.807, 2.05) is 0 Å². The first-order valence-corrected chi connectivity index (χ1v) is 45.4. The van der Waals surface area contributed by atoms with E-state index in [0.29, 0.717) is 57.2 Å². The van der Waals surface area contributed by atoms with E-state index in [0.717, 1.165) is 0 Å². The Bertz CT molecular complexity index is 4200. The number of carboxylic acid groups (broad SMARTS) is 8. The van der Waals surface area contributed by atoms with Gasteiger partial charge in [-0.15, -0.1) is 0 Å². The van der Waals surface area contributed by atoms with Crippen LogP contribution in [0.3, 0.4) is 0 Å². The Morgan fingerprint density at radius 2 is 0.729 bits per heavy atom. The van der Waals surface area contributed by atoms with Gasteiger partial charge >= 0.3 is 59.7 Å². The summed E-state index contributed by atoms with van der Waals surface area (Å²) in [5, 5.41) is 115. The number of nitrogens with two attached hydrogens (primary N) is 3. The molecule has 4 saturated heterocycles. The van der Waals surface area contributed by atoms with Crippen LogP contribution >= 0.6 is 0 Å². The van der Waals surface area contributed by atoms with Gasteiger partial charge in [-0.3, -0.25) is 150 Å². The molecule has 0 bridgehead atoms. The molecule has 0 aliphatic carbocycles. The topological polar surface area (TPSA) is 803 Å². The van der Waals surface area contributed by atoms with Gasteiger partial charge in [0.25, 0.3) is 0 Å². The summed E-state index contributed by atoms with van der Waals surface area (Å²) in [6, 6.07) is -0.800. The number of ketones is 1. The minimum Gasteiger partial charge on any atom is -0.508 e. The number of aromatic hydroxyl groups is 1. The first kappa shape index (κ1) is 128. The van der Waals surface area contributed by atoms with Gasteiger partial charge in [-0.1, -0.05) is 18.6 Å². The molecule has 25 N–H and O–H groups in total. The van der Waals surface area contributed by atoms with Gasteiger partial charge in [0, 0.05) is 249 Å². The molecule has 6 atom stereocenters. The smallest absolute Gasteiger partial charge is 0.317 e. The van der Waals surface area contributed by atoms with Crippen molar-refractivity contribution >= 4 is 136 Å². The number of hydrogen-bond donors (Lipinski definition) is 22. The number of nitrogens with zero attached hydrogens (tertiary/aromatic N) is 8. The third kappa shape index (κ3) is 61.3. The van der Waals surface area contributed by atoms with Crippen molar-refractivity contribution in [2.75, 3.05) is 183 Å². The Hall–Kier alpha value is -10.4. The molecule has 0 radical (unpaired) electrons. The number of carbonyl (C=O) groups is 22. The molecule has 1 aromatic rings. The number of Topliss-reactive ketones (excluding diaryl/α,β-unsaturated/α-hetero) is 1. The van der Waals surface area contributed by atoms with E-state index < -0.39 is 174 Å². The molecule has 53 nitrogen and oxygen atoms in total. The first-order chi connectivity index (χ1) is 65.3. The number of rotatable bonds is 50. The van der Waals surface area contributed by atoms with Crippen LogP contribution in [-0.2, 0) is 117 Å². The molecule has 11 amide bonds. The summed E-state index contributed by atoms with van der Waals surface area (Å²) < 4.78 is 4.08. The van der Waals surface area contributed by atoms with Crippen LogP contribution in [0.2, 0.25) is 0 Å². The predicted molar refractivity (Wildman–Crippen MR) is 483 cm³/mol. The minimum atomic E-state index is -1.69. The Balaban J connectivity index is 0.00000153. The van der Waals surface area contributed by atoms with Gasteiger partial charge in [0.1, 0.15) is 29.9 Å². The van der Waals surface area contributed by atoms with Crippen molar-refractivity contribution in [3.05, 3.63) is 29.8 Å². The number of nitrogens with one attached hydrogen (secondary N) is 10. The summed E-state index contributed by atoms with van der Waals surface area (Å²) in [6.45, 7) is 2.04. The van der Waals surface area contributed by atoms with E-state index in [9.17, 15) is 146 Å². The quantitative estimate of drug-likeness (QED) is 0.00947. The Kier molecular flexibility index (Phi) is 65.5. The molecule has 55 heteroatoms. The fraction of sp³-hybridized carbons (Fsp3) is 0.659. The standard InChI is InChI=1S/C55H86N14O18.C26H45N7O11.C4H4O3.2Gd/c56-43(57)10-2-1-7-36-28-42(71)38(64-54(86)40(27-35-11-13-37(70)14-12-35)65-55(87)41(29-48(76)77)63-46(74)30-61-53(36)85)8-3-5-17-59-44(72)15-16-45(73)62-39(52(58)84)9-4-6-18-60-47(75)31-66-19-21-67(32-49(78)79)23-25-69(34-51(82)83)26-24-68(22-20-66)33-50(80)81;27-26(44)19(29-20(34)4-5-22(36)37)3-1-2-6-28-21(35)15-30-7-9-31(16-23(38)39)11-13-33(18-25(42)43)14-12-32(10-8-30)17-24(40)41;5-3-1-2-4(6)7-3;;/h11-14,36,38-41,70H,1-10,15-34H2,(H3,56,57)(H2,58,84)(H,59,72)(H,60,75)(H,61,85)(H,62,73)(H,63,74)(H,64,86)(H,65,87)(H,76,77)(H,78,79)(H,80,81)(H,82,83);19H,1-18H2,(H2,27,44)(H,28,35)(H,29,34)(H,36,37)(H,38,39)(H,40,41)(H,42,43);1-2H2;;/t36-,38+,39+,40?,41+;19-;;;/m10.../s1. The number of ether oxygens (including phenoxy) is 1. The molecule has 1 unspecified atom stereocenters. The number of cyclic esters (lactones) is 2. The van der Waals surface area contributed by atoms with E-state index in [1.165, 1.54) is 24.3 Å². The molecule has 140 heavy (non-hydrogen) atoms. The third-order valence-electron chi connectivity index (χ3n) is 22.0. The summed E-state index contributed by atoms with van der Waals surface area (Å²) in [7, 11) is 0. The average molecular weight is 2280 g/mol. The number of primary amides is 2. The van der Waals surface area contributed by atoms with Crippen molar-refractivity contribution in [2.24, 2.45) is 23.1 Å². The van der Waals surface area contributed by atoms with Crippen LogP contribution in [0.4, 0.5) is 0 Å². The summed E-state index contributed by atoms with van der Waals surface area (Å²) in [5.41, 5.74) is 16.9. The molecular weight excluding hydrogens is 2140 g/mol. The number of unbranched alkanes of at least 4 members (excludes halogenated alkanes) is 4.